The Morgan fingerprint density at radius 1 is 1.16 bits per heavy atom. The number of hydrogen-bond acceptors (Lipinski definition) is 4. The molecule has 25 heavy (non-hydrogen) atoms. The maximum absolute atomic E-state index is 12.9. The lowest BCUT2D eigenvalue weighted by molar-refractivity contribution is -0.145. The van der Waals surface area contributed by atoms with E-state index in [0.717, 1.165) is 16.7 Å². The lowest BCUT2D eigenvalue weighted by Gasteiger charge is -2.20. The number of fused-ring (bicyclic) bond motifs is 3. The minimum absolute atomic E-state index is 0.244. The molecule has 6 heteroatoms. The third-order valence-electron chi connectivity index (χ3n) is 4.42. The molecule has 2 unspecified atom stereocenters. The van der Waals surface area contributed by atoms with E-state index in [1.54, 1.807) is 0 Å². The summed E-state index contributed by atoms with van der Waals surface area (Å²) in [7, 11) is 0. The van der Waals surface area contributed by atoms with Crippen LogP contribution in [0.5, 0.6) is 0 Å². The van der Waals surface area contributed by atoms with Crippen LogP contribution in [0.1, 0.15) is 22.8 Å². The van der Waals surface area contributed by atoms with E-state index in [9.17, 15) is 9.59 Å². The van der Waals surface area contributed by atoms with Gasteiger partial charge in [-0.05, 0) is 17.7 Å². The quantitative estimate of drug-likeness (QED) is 0.930. The zero-order valence-corrected chi connectivity index (χ0v) is 13.3. The number of ether oxygens (including phenoxy) is 1. The van der Waals surface area contributed by atoms with Crippen LogP contribution in [0.2, 0.25) is 0 Å². The largest absolute Gasteiger partial charge is 0.480 e. The first-order valence-corrected chi connectivity index (χ1v) is 8.02. The fourth-order valence-electron chi connectivity index (χ4n) is 3.27. The van der Waals surface area contributed by atoms with Crippen LogP contribution < -0.4 is 0 Å². The number of carboxylic acid groups (broad SMARTS) is 1. The number of rotatable bonds is 3. The van der Waals surface area contributed by atoms with Gasteiger partial charge >= 0.3 is 5.97 Å². The maximum atomic E-state index is 12.9. The lowest BCUT2D eigenvalue weighted by Crippen LogP contribution is -2.40. The lowest BCUT2D eigenvalue weighted by atomic mass is 9.99. The smallest absolute Gasteiger partial charge is 0.323 e. The first-order valence-electron chi connectivity index (χ1n) is 8.02. The number of amides is 1. The fraction of sp³-hybridized carbons (Fsp3) is 0.211. The van der Waals surface area contributed by atoms with Crippen LogP contribution in [0, 0.1) is 0 Å². The molecule has 0 saturated carbocycles. The van der Waals surface area contributed by atoms with Crippen molar-refractivity contribution in [2.24, 2.45) is 4.99 Å². The van der Waals surface area contributed by atoms with Crippen molar-refractivity contribution in [3.05, 3.63) is 71.3 Å². The molecule has 0 fully saturated rings. The van der Waals surface area contributed by atoms with Crippen molar-refractivity contribution in [1.29, 1.82) is 0 Å². The number of aliphatic carboxylic acids is 1. The Labute approximate surface area is 144 Å². The highest BCUT2D eigenvalue weighted by atomic mass is 16.5. The Hall–Kier alpha value is -3.15. The van der Waals surface area contributed by atoms with E-state index in [-0.39, 0.29) is 19.0 Å². The van der Waals surface area contributed by atoms with E-state index >= 15 is 0 Å². The third-order valence-corrected chi connectivity index (χ3v) is 4.42. The van der Waals surface area contributed by atoms with Crippen molar-refractivity contribution in [3.8, 4) is 0 Å². The van der Waals surface area contributed by atoms with Crippen molar-refractivity contribution in [2.75, 3.05) is 6.54 Å². The summed E-state index contributed by atoms with van der Waals surface area (Å²) in [6.07, 6.45) is -0.530. The van der Waals surface area contributed by atoms with E-state index in [2.05, 4.69) is 4.99 Å². The van der Waals surface area contributed by atoms with Crippen LogP contribution in [0.4, 0.5) is 0 Å². The standard InChI is InChI=1S/C19H16N2O4/c22-15(23)11-21-10-13-8-4-5-9-14(13)17-16(19(21)24)20-18(25-17)12-6-2-1-3-7-12/h1-9,16-17H,10-11H2,(H,22,23). The molecular weight excluding hydrogens is 320 g/mol. The normalized spacial score (nSPS) is 21.7. The molecule has 2 heterocycles. The van der Waals surface area contributed by atoms with Crippen LogP contribution in [0.3, 0.4) is 0 Å². The predicted molar refractivity (Wildman–Crippen MR) is 90.1 cm³/mol. The Kier molecular flexibility index (Phi) is 3.72. The SMILES string of the molecule is O=C(O)CN1Cc2ccccc2C2OC(c3ccccc3)=NC2C1=O. The number of benzene rings is 2. The molecule has 0 aliphatic carbocycles. The highest BCUT2D eigenvalue weighted by molar-refractivity contribution is 5.99. The minimum Gasteiger partial charge on any atom is -0.480 e. The van der Waals surface area contributed by atoms with Gasteiger partial charge in [-0.1, -0.05) is 42.5 Å². The number of carboxylic acids is 1. The van der Waals surface area contributed by atoms with Crippen LogP contribution in [0.15, 0.2) is 59.6 Å². The fourth-order valence-corrected chi connectivity index (χ4v) is 3.27. The number of carbonyl (C=O) groups excluding carboxylic acids is 1. The summed E-state index contributed by atoms with van der Waals surface area (Å²) in [4.78, 5) is 29.9. The molecule has 6 nitrogen and oxygen atoms in total. The molecule has 1 N–H and O–H groups in total. The second-order valence-electron chi connectivity index (χ2n) is 6.07. The van der Waals surface area contributed by atoms with E-state index in [1.807, 2.05) is 54.6 Å². The van der Waals surface area contributed by atoms with E-state index in [4.69, 9.17) is 9.84 Å². The molecule has 1 amide bonds. The summed E-state index contributed by atoms with van der Waals surface area (Å²) in [6, 6.07) is 16.2. The van der Waals surface area contributed by atoms with Gasteiger partial charge in [0.25, 0.3) is 5.91 Å². The van der Waals surface area contributed by atoms with Gasteiger partial charge in [0.1, 0.15) is 6.54 Å². The Morgan fingerprint density at radius 3 is 2.64 bits per heavy atom. The monoisotopic (exact) mass is 336 g/mol. The molecule has 0 radical (unpaired) electrons. The van der Waals surface area contributed by atoms with Crippen LogP contribution in [-0.2, 0) is 20.9 Å². The van der Waals surface area contributed by atoms with Crippen LogP contribution in [-0.4, -0.2) is 40.4 Å². The molecule has 0 bridgehead atoms. The summed E-state index contributed by atoms with van der Waals surface area (Å²) in [5.41, 5.74) is 2.56. The van der Waals surface area contributed by atoms with Gasteiger partial charge in [-0.2, -0.15) is 0 Å². The first-order chi connectivity index (χ1) is 12.1. The van der Waals surface area contributed by atoms with Gasteiger partial charge in [0.05, 0.1) is 0 Å². The molecule has 0 aromatic heterocycles. The molecule has 2 aliphatic heterocycles. The second kappa shape index (κ2) is 6.05. The van der Waals surface area contributed by atoms with Gasteiger partial charge in [-0.25, -0.2) is 4.99 Å². The molecule has 2 aromatic rings. The number of nitrogens with zero attached hydrogens (tertiary/aromatic N) is 2. The Balaban J connectivity index is 1.76. The molecule has 126 valence electrons. The average molecular weight is 336 g/mol. The highest BCUT2D eigenvalue weighted by Gasteiger charge is 2.43. The molecule has 4 rings (SSSR count). The van der Waals surface area contributed by atoms with Crippen molar-refractivity contribution in [3.63, 3.8) is 0 Å². The van der Waals surface area contributed by atoms with Gasteiger partial charge in [0, 0.05) is 17.7 Å². The summed E-state index contributed by atoms with van der Waals surface area (Å²) in [6.45, 7) is -0.111. The predicted octanol–water partition coefficient (Wildman–Crippen LogP) is 2.00. The minimum atomic E-state index is -1.05. The van der Waals surface area contributed by atoms with Gasteiger partial charge in [0.2, 0.25) is 5.90 Å². The van der Waals surface area contributed by atoms with Crippen molar-refractivity contribution < 1.29 is 19.4 Å². The molecule has 2 aliphatic rings. The number of carbonyl (C=O) groups is 2. The summed E-state index contributed by atoms with van der Waals surface area (Å²) < 4.78 is 6.04. The second-order valence-corrected chi connectivity index (χ2v) is 6.07. The third kappa shape index (κ3) is 2.76. The number of aliphatic imine (C=N–C) groups is 1. The van der Waals surface area contributed by atoms with Crippen molar-refractivity contribution in [2.45, 2.75) is 18.7 Å². The number of hydrogen-bond donors (Lipinski definition) is 1. The molecule has 0 spiro atoms. The summed E-state index contributed by atoms with van der Waals surface area (Å²) >= 11 is 0. The Morgan fingerprint density at radius 2 is 1.88 bits per heavy atom. The van der Waals surface area contributed by atoms with Gasteiger partial charge < -0.3 is 14.7 Å². The van der Waals surface area contributed by atoms with Crippen LogP contribution in [0.25, 0.3) is 0 Å². The van der Waals surface area contributed by atoms with E-state index in [0.29, 0.717) is 5.90 Å². The molecular formula is C19H16N2O4. The van der Waals surface area contributed by atoms with Gasteiger partial charge in [-0.3, -0.25) is 9.59 Å². The van der Waals surface area contributed by atoms with E-state index in [1.165, 1.54) is 4.90 Å². The first kappa shape index (κ1) is 15.4. The van der Waals surface area contributed by atoms with Crippen molar-refractivity contribution in [1.82, 2.24) is 4.90 Å². The van der Waals surface area contributed by atoms with Crippen molar-refractivity contribution >= 4 is 17.8 Å². The summed E-state index contributed by atoms with van der Waals surface area (Å²) in [5.74, 6) is -0.957. The zero-order chi connectivity index (χ0) is 17.4. The molecule has 0 saturated heterocycles. The maximum Gasteiger partial charge on any atom is 0.323 e. The van der Waals surface area contributed by atoms with Gasteiger partial charge in [-0.15, -0.1) is 0 Å². The topological polar surface area (TPSA) is 79.2 Å². The zero-order valence-electron chi connectivity index (χ0n) is 13.3. The van der Waals surface area contributed by atoms with Gasteiger partial charge in [0.15, 0.2) is 12.1 Å². The molecule has 2 atom stereocenters. The summed E-state index contributed by atoms with van der Waals surface area (Å²) in [5, 5.41) is 9.13. The molecule has 2 aromatic carbocycles. The van der Waals surface area contributed by atoms with E-state index < -0.39 is 18.1 Å². The average Bonchev–Trinajstić information content (AvgIpc) is 3.02. The van der Waals surface area contributed by atoms with Crippen LogP contribution >= 0.6 is 0 Å². The Bertz CT molecular complexity index is 863. The highest BCUT2D eigenvalue weighted by Crippen LogP contribution is 2.37.